The smallest absolute Gasteiger partial charge is 0.161 e. The highest BCUT2D eigenvalue weighted by atomic mass is 16.5. The van der Waals surface area contributed by atoms with Crippen LogP contribution in [0.2, 0.25) is 0 Å². The number of aliphatic hydroxyl groups excluding tert-OH is 2. The highest BCUT2D eigenvalue weighted by Crippen LogP contribution is 2.42. The summed E-state index contributed by atoms with van der Waals surface area (Å²) in [4.78, 5) is 6.95. The topological polar surface area (TPSA) is 75.0 Å². The quantitative estimate of drug-likeness (QED) is 0.426. The molecule has 0 atom stereocenters. The van der Waals surface area contributed by atoms with Gasteiger partial charge in [-0.3, -0.25) is 0 Å². The zero-order valence-corrected chi connectivity index (χ0v) is 19.4. The van der Waals surface area contributed by atoms with Gasteiger partial charge in [0.05, 0.1) is 27.4 Å². The fourth-order valence-corrected chi connectivity index (χ4v) is 4.97. The van der Waals surface area contributed by atoms with E-state index in [-0.39, 0.29) is 13.2 Å². The molecule has 0 saturated carbocycles. The Hall–Kier alpha value is -3.61. The number of hydrogen-bond acceptors (Lipinski definition) is 6. The van der Waals surface area contributed by atoms with Crippen molar-refractivity contribution in [2.45, 2.75) is 26.1 Å². The molecule has 1 aromatic heterocycles. The van der Waals surface area contributed by atoms with Gasteiger partial charge in [-0.1, -0.05) is 18.2 Å². The molecule has 6 heteroatoms. The van der Waals surface area contributed by atoms with E-state index >= 15 is 0 Å². The molecule has 0 unspecified atom stereocenters. The monoisotopic (exact) mass is 456 g/mol. The SMILES string of the molecule is COc1cc2cc(CO)c(CO)c(-c3ccnc(N4CCCc5ccccc54)c3)c2cc1OC. The van der Waals surface area contributed by atoms with Crippen molar-refractivity contribution >= 4 is 22.3 Å². The molecule has 0 bridgehead atoms. The maximum absolute atomic E-state index is 10.3. The fraction of sp³-hybridized carbons (Fsp3) is 0.250. The molecule has 2 heterocycles. The van der Waals surface area contributed by atoms with Crippen molar-refractivity contribution in [3.05, 3.63) is 77.5 Å². The predicted molar refractivity (Wildman–Crippen MR) is 134 cm³/mol. The van der Waals surface area contributed by atoms with Crippen molar-refractivity contribution in [2.75, 3.05) is 25.7 Å². The van der Waals surface area contributed by atoms with Crippen LogP contribution in [0.1, 0.15) is 23.1 Å². The summed E-state index contributed by atoms with van der Waals surface area (Å²) in [5.74, 6) is 2.08. The Kier molecular flexibility index (Phi) is 6.09. The van der Waals surface area contributed by atoms with Gasteiger partial charge in [-0.05, 0) is 87.8 Å². The first-order chi connectivity index (χ1) is 16.7. The lowest BCUT2D eigenvalue weighted by Gasteiger charge is -2.30. The summed E-state index contributed by atoms with van der Waals surface area (Å²) in [5, 5.41) is 22.2. The lowest BCUT2D eigenvalue weighted by atomic mass is 9.90. The number of aromatic nitrogens is 1. The van der Waals surface area contributed by atoms with Crippen molar-refractivity contribution < 1.29 is 19.7 Å². The molecule has 2 N–H and O–H groups in total. The molecular weight excluding hydrogens is 428 g/mol. The third kappa shape index (κ3) is 3.75. The van der Waals surface area contributed by atoms with Gasteiger partial charge >= 0.3 is 0 Å². The summed E-state index contributed by atoms with van der Waals surface area (Å²) in [6.45, 7) is 0.521. The molecule has 5 rings (SSSR count). The number of aliphatic hydroxyl groups is 2. The Labute approximate surface area is 199 Å². The molecule has 1 aliphatic heterocycles. The summed E-state index contributed by atoms with van der Waals surface area (Å²) in [7, 11) is 3.21. The molecule has 4 aromatic rings. The van der Waals surface area contributed by atoms with Crippen molar-refractivity contribution in [1.82, 2.24) is 4.98 Å². The van der Waals surface area contributed by atoms with E-state index in [1.807, 2.05) is 24.3 Å². The van der Waals surface area contributed by atoms with Gasteiger partial charge in [-0.15, -0.1) is 0 Å². The van der Waals surface area contributed by atoms with Crippen LogP contribution < -0.4 is 14.4 Å². The van der Waals surface area contributed by atoms with E-state index in [9.17, 15) is 10.2 Å². The molecule has 3 aromatic carbocycles. The molecule has 6 nitrogen and oxygen atoms in total. The van der Waals surface area contributed by atoms with Crippen LogP contribution in [-0.4, -0.2) is 36.0 Å². The number of fused-ring (bicyclic) bond motifs is 2. The average molecular weight is 457 g/mol. The van der Waals surface area contributed by atoms with Crippen LogP contribution >= 0.6 is 0 Å². The van der Waals surface area contributed by atoms with Crippen LogP contribution in [0, 0.1) is 0 Å². The van der Waals surface area contributed by atoms with Gasteiger partial charge in [0.2, 0.25) is 0 Å². The lowest BCUT2D eigenvalue weighted by molar-refractivity contribution is 0.260. The van der Waals surface area contributed by atoms with E-state index in [1.165, 1.54) is 11.3 Å². The first-order valence-corrected chi connectivity index (χ1v) is 11.4. The van der Waals surface area contributed by atoms with Crippen LogP contribution in [0.4, 0.5) is 11.5 Å². The minimum absolute atomic E-state index is 0.176. The number of benzene rings is 3. The van der Waals surface area contributed by atoms with E-state index in [4.69, 9.17) is 14.5 Å². The molecule has 1 aliphatic rings. The zero-order valence-electron chi connectivity index (χ0n) is 19.4. The summed E-state index contributed by atoms with van der Waals surface area (Å²) < 4.78 is 11.1. The van der Waals surface area contributed by atoms with Crippen LogP contribution in [0.5, 0.6) is 11.5 Å². The summed E-state index contributed by atoms with van der Waals surface area (Å²) in [6, 6.07) is 18.2. The van der Waals surface area contributed by atoms with Crippen molar-refractivity contribution in [1.29, 1.82) is 0 Å². The van der Waals surface area contributed by atoms with E-state index in [0.29, 0.717) is 22.6 Å². The van der Waals surface area contributed by atoms with Crippen molar-refractivity contribution in [3.63, 3.8) is 0 Å². The van der Waals surface area contributed by atoms with E-state index < -0.39 is 0 Å². The average Bonchev–Trinajstić information content (AvgIpc) is 2.90. The Morgan fingerprint density at radius 2 is 1.74 bits per heavy atom. The lowest BCUT2D eigenvalue weighted by Crippen LogP contribution is -2.25. The van der Waals surface area contributed by atoms with Gasteiger partial charge in [0.25, 0.3) is 0 Å². The summed E-state index contributed by atoms with van der Waals surface area (Å²) in [5.41, 5.74) is 5.66. The Morgan fingerprint density at radius 1 is 0.941 bits per heavy atom. The van der Waals surface area contributed by atoms with Crippen molar-refractivity contribution in [2.24, 2.45) is 0 Å². The van der Waals surface area contributed by atoms with Crippen LogP contribution in [-0.2, 0) is 19.6 Å². The van der Waals surface area contributed by atoms with Gasteiger partial charge in [0, 0.05) is 18.4 Å². The minimum Gasteiger partial charge on any atom is -0.493 e. The molecule has 0 aliphatic carbocycles. The van der Waals surface area contributed by atoms with Gasteiger partial charge in [0.15, 0.2) is 11.5 Å². The molecule has 174 valence electrons. The molecule has 0 spiro atoms. The highest BCUT2D eigenvalue weighted by Gasteiger charge is 2.21. The number of nitrogens with zero attached hydrogens (tertiary/aromatic N) is 2. The van der Waals surface area contributed by atoms with Gasteiger partial charge in [-0.2, -0.15) is 0 Å². The fourth-order valence-electron chi connectivity index (χ4n) is 4.97. The second-order valence-electron chi connectivity index (χ2n) is 8.42. The summed E-state index contributed by atoms with van der Waals surface area (Å²) >= 11 is 0. The number of hydrogen-bond donors (Lipinski definition) is 2. The van der Waals surface area contributed by atoms with E-state index in [1.54, 1.807) is 20.4 Å². The standard InChI is InChI=1S/C28H28N2O4/c1-33-25-13-20-12-21(16-31)23(17-32)28(22(20)15-26(25)34-2)19-9-10-29-27(14-19)30-11-5-7-18-6-3-4-8-24(18)30/h3-4,6,8-10,12-15,31-32H,5,7,11,16-17H2,1-2H3. The number of ether oxygens (including phenoxy) is 2. The number of para-hydroxylation sites is 1. The third-order valence-electron chi connectivity index (χ3n) is 6.59. The zero-order chi connectivity index (χ0) is 23.7. The second kappa shape index (κ2) is 9.33. The van der Waals surface area contributed by atoms with Gasteiger partial charge < -0.3 is 24.6 Å². The van der Waals surface area contributed by atoms with Crippen LogP contribution in [0.25, 0.3) is 21.9 Å². The normalized spacial score (nSPS) is 13.1. The number of rotatable bonds is 6. The molecule has 0 fully saturated rings. The second-order valence-corrected chi connectivity index (χ2v) is 8.42. The van der Waals surface area contributed by atoms with Crippen molar-refractivity contribution in [3.8, 4) is 22.6 Å². The first kappa shape index (κ1) is 22.2. The number of aryl methyl sites for hydroxylation is 1. The maximum atomic E-state index is 10.3. The van der Waals surface area contributed by atoms with Crippen LogP contribution in [0.15, 0.2) is 60.8 Å². The Morgan fingerprint density at radius 3 is 2.50 bits per heavy atom. The largest absolute Gasteiger partial charge is 0.493 e. The van der Waals surface area contributed by atoms with E-state index in [0.717, 1.165) is 47.1 Å². The first-order valence-electron chi connectivity index (χ1n) is 11.4. The molecule has 34 heavy (non-hydrogen) atoms. The highest BCUT2D eigenvalue weighted by molar-refractivity contribution is 6.01. The number of pyridine rings is 1. The Balaban J connectivity index is 1.73. The number of methoxy groups -OCH3 is 2. The van der Waals surface area contributed by atoms with E-state index in [2.05, 4.69) is 35.2 Å². The van der Waals surface area contributed by atoms with Gasteiger partial charge in [0.1, 0.15) is 5.82 Å². The third-order valence-corrected chi connectivity index (χ3v) is 6.59. The maximum Gasteiger partial charge on any atom is 0.161 e. The minimum atomic E-state index is -0.195. The Bertz CT molecular complexity index is 1350. The van der Waals surface area contributed by atoms with Gasteiger partial charge in [-0.25, -0.2) is 4.98 Å². The predicted octanol–water partition coefficient (Wildman–Crippen LogP) is 4.99. The molecule has 0 amide bonds. The summed E-state index contributed by atoms with van der Waals surface area (Å²) in [6.07, 6.45) is 3.93. The molecule has 0 radical (unpaired) electrons. The number of anilines is 2. The molecular formula is C28H28N2O4. The van der Waals surface area contributed by atoms with Crippen LogP contribution in [0.3, 0.4) is 0 Å². The molecule has 0 saturated heterocycles.